The Bertz CT molecular complexity index is 879. The largest absolute Gasteiger partial charge is 0.468 e. The van der Waals surface area contributed by atoms with Crippen molar-refractivity contribution >= 4 is 33.4 Å². The maximum atomic E-state index is 13.1. The van der Waals surface area contributed by atoms with E-state index in [1.54, 1.807) is 47.5 Å². The maximum Gasteiger partial charge on any atom is 0.243 e. The minimum atomic E-state index is -3.58. The number of nitrogens with zero attached hydrogens (tertiary/aromatic N) is 1. The molecule has 1 atom stereocenters. The summed E-state index contributed by atoms with van der Waals surface area (Å²) in [7, 11) is -3.58. The summed E-state index contributed by atoms with van der Waals surface area (Å²) in [6.07, 6.45) is 2.36. The van der Waals surface area contributed by atoms with Gasteiger partial charge in [-0.2, -0.15) is 4.31 Å². The zero-order valence-electron chi connectivity index (χ0n) is 14.8. The highest BCUT2D eigenvalue weighted by molar-refractivity contribution is 7.99. The number of anilines is 1. The van der Waals surface area contributed by atoms with Crippen molar-refractivity contribution in [2.75, 3.05) is 24.2 Å². The molecule has 1 aromatic carbocycles. The van der Waals surface area contributed by atoms with E-state index in [2.05, 4.69) is 5.32 Å². The summed E-state index contributed by atoms with van der Waals surface area (Å²) in [5.74, 6) is 1.42. The molecule has 2 aromatic rings. The number of carbonyl (C=O) groups is 1. The maximum absolute atomic E-state index is 13.1. The van der Waals surface area contributed by atoms with Crippen molar-refractivity contribution in [3.8, 4) is 0 Å². The van der Waals surface area contributed by atoms with Crippen molar-refractivity contribution in [3.63, 3.8) is 0 Å². The summed E-state index contributed by atoms with van der Waals surface area (Å²) < 4.78 is 33.2. The number of hydrogen-bond donors (Lipinski definition) is 1. The molecule has 1 aliphatic rings. The average molecular weight is 395 g/mol. The average Bonchev–Trinajstić information content (AvgIpc) is 2.98. The van der Waals surface area contributed by atoms with Crippen LogP contribution in [0.3, 0.4) is 0 Å². The quantitative estimate of drug-likeness (QED) is 0.860. The Labute approximate surface area is 158 Å². The second-order valence-electron chi connectivity index (χ2n) is 6.23. The molecule has 140 valence electrons. The first kappa shape index (κ1) is 19.0. The molecule has 0 radical (unpaired) electrons. The smallest absolute Gasteiger partial charge is 0.243 e. The molecule has 6 nitrogen and oxygen atoms in total. The summed E-state index contributed by atoms with van der Waals surface area (Å²) >= 11 is 1.72. The molecular weight excluding hydrogens is 372 g/mol. The molecule has 1 saturated heterocycles. The Kier molecular flexibility index (Phi) is 5.74. The van der Waals surface area contributed by atoms with Crippen LogP contribution in [0.2, 0.25) is 0 Å². The number of benzene rings is 1. The lowest BCUT2D eigenvalue weighted by atomic mass is 10.2. The zero-order valence-corrected chi connectivity index (χ0v) is 16.4. The Hall–Kier alpha value is -1.77. The topological polar surface area (TPSA) is 79.6 Å². The molecule has 3 rings (SSSR count). The van der Waals surface area contributed by atoms with Gasteiger partial charge in [-0.05, 0) is 49.2 Å². The van der Waals surface area contributed by atoms with Gasteiger partial charge < -0.3 is 9.73 Å². The molecule has 26 heavy (non-hydrogen) atoms. The molecule has 1 aromatic heterocycles. The van der Waals surface area contributed by atoms with Crippen molar-refractivity contribution in [1.82, 2.24) is 4.31 Å². The van der Waals surface area contributed by atoms with Gasteiger partial charge in [0.2, 0.25) is 15.9 Å². The SMILES string of the molecule is CC(=O)Nc1ccc(S(=O)(=O)N2CCSC(c3ccco3)CC2)c(C)c1. The third kappa shape index (κ3) is 4.13. The number of thioether (sulfide) groups is 1. The molecule has 0 bridgehead atoms. The van der Waals surface area contributed by atoms with Gasteiger partial charge in [-0.15, -0.1) is 11.8 Å². The predicted octanol–water partition coefficient (Wildman–Crippen LogP) is 3.42. The van der Waals surface area contributed by atoms with Crippen molar-refractivity contribution < 1.29 is 17.6 Å². The molecule has 1 N–H and O–H groups in total. The summed E-state index contributed by atoms with van der Waals surface area (Å²) in [5, 5.41) is 2.85. The van der Waals surface area contributed by atoms with E-state index >= 15 is 0 Å². The lowest BCUT2D eigenvalue weighted by Gasteiger charge is -2.21. The summed E-state index contributed by atoms with van der Waals surface area (Å²) in [6, 6.07) is 8.67. The van der Waals surface area contributed by atoms with Crippen molar-refractivity contribution in [1.29, 1.82) is 0 Å². The first-order valence-electron chi connectivity index (χ1n) is 8.41. The first-order chi connectivity index (χ1) is 12.4. The lowest BCUT2D eigenvalue weighted by molar-refractivity contribution is -0.114. The molecule has 8 heteroatoms. The molecule has 1 unspecified atom stereocenters. The van der Waals surface area contributed by atoms with Gasteiger partial charge in [-0.1, -0.05) is 0 Å². The molecule has 0 spiro atoms. The van der Waals surface area contributed by atoms with E-state index in [0.29, 0.717) is 36.5 Å². The van der Waals surface area contributed by atoms with E-state index in [9.17, 15) is 13.2 Å². The van der Waals surface area contributed by atoms with E-state index in [1.807, 2.05) is 12.1 Å². The number of amides is 1. The van der Waals surface area contributed by atoms with E-state index in [4.69, 9.17) is 4.42 Å². The van der Waals surface area contributed by atoms with Gasteiger partial charge in [0.25, 0.3) is 0 Å². The lowest BCUT2D eigenvalue weighted by Crippen LogP contribution is -2.33. The number of nitrogens with one attached hydrogen (secondary N) is 1. The molecule has 0 saturated carbocycles. The minimum Gasteiger partial charge on any atom is -0.468 e. The van der Waals surface area contributed by atoms with Crippen LogP contribution in [0.1, 0.15) is 29.9 Å². The summed E-state index contributed by atoms with van der Waals surface area (Å²) in [4.78, 5) is 11.5. The van der Waals surface area contributed by atoms with E-state index in [1.165, 1.54) is 6.92 Å². The van der Waals surface area contributed by atoms with E-state index in [0.717, 1.165) is 5.76 Å². The normalized spacial score (nSPS) is 19.1. The van der Waals surface area contributed by atoms with Crippen molar-refractivity contribution in [2.45, 2.75) is 30.4 Å². The van der Waals surface area contributed by atoms with Crippen LogP contribution >= 0.6 is 11.8 Å². The van der Waals surface area contributed by atoms with E-state index in [-0.39, 0.29) is 16.1 Å². The Morgan fingerprint density at radius 3 is 2.77 bits per heavy atom. The highest BCUT2D eigenvalue weighted by Crippen LogP contribution is 2.36. The van der Waals surface area contributed by atoms with Crippen LogP contribution < -0.4 is 5.32 Å². The first-order valence-corrected chi connectivity index (χ1v) is 10.9. The van der Waals surface area contributed by atoms with Gasteiger partial charge in [-0.3, -0.25) is 4.79 Å². The van der Waals surface area contributed by atoms with Crippen LogP contribution in [-0.2, 0) is 14.8 Å². The minimum absolute atomic E-state index is 0.174. The Balaban J connectivity index is 1.78. The van der Waals surface area contributed by atoms with Crippen LogP contribution in [0.4, 0.5) is 5.69 Å². The monoisotopic (exact) mass is 394 g/mol. The van der Waals surface area contributed by atoms with Crippen LogP contribution in [0.25, 0.3) is 0 Å². The number of furan rings is 1. The van der Waals surface area contributed by atoms with Crippen molar-refractivity contribution in [2.24, 2.45) is 0 Å². The zero-order chi connectivity index (χ0) is 18.7. The highest BCUT2D eigenvalue weighted by atomic mass is 32.2. The van der Waals surface area contributed by atoms with Gasteiger partial charge in [0.05, 0.1) is 16.4 Å². The Morgan fingerprint density at radius 1 is 1.31 bits per heavy atom. The van der Waals surface area contributed by atoms with Crippen LogP contribution in [0.15, 0.2) is 45.9 Å². The number of aryl methyl sites for hydroxylation is 1. The fourth-order valence-corrected chi connectivity index (χ4v) is 6.01. The fourth-order valence-electron chi connectivity index (χ4n) is 3.05. The summed E-state index contributed by atoms with van der Waals surface area (Å²) in [5.41, 5.74) is 1.22. The number of carbonyl (C=O) groups excluding carboxylic acids is 1. The van der Waals surface area contributed by atoms with Gasteiger partial charge in [0.15, 0.2) is 0 Å². The molecule has 0 aliphatic carbocycles. The molecule has 1 fully saturated rings. The van der Waals surface area contributed by atoms with Gasteiger partial charge in [0, 0.05) is 31.5 Å². The van der Waals surface area contributed by atoms with Crippen LogP contribution in [-0.4, -0.2) is 37.5 Å². The number of rotatable bonds is 4. The third-order valence-corrected chi connectivity index (χ3v) is 7.62. The fraction of sp³-hybridized carbons (Fsp3) is 0.389. The second kappa shape index (κ2) is 7.85. The van der Waals surface area contributed by atoms with Gasteiger partial charge in [0.1, 0.15) is 5.76 Å². The number of sulfonamides is 1. The number of hydrogen-bond acceptors (Lipinski definition) is 5. The Morgan fingerprint density at radius 2 is 2.12 bits per heavy atom. The van der Waals surface area contributed by atoms with E-state index < -0.39 is 10.0 Å². The van der Waals surface area contributed by atoms with Crippen LogP contribution in [0, 0.1) is 6.92 Å². The highest BCUT2D eigenvalue weighted by Gasteiger charge is 2.30. The third-order valence-electron chi connectivity index (χ3n) is 4.27. The standard InChI is InChI=1S/C18H22N2O4S2/c1-13-12-15(19-14(2)21)5-6-18(13)26(22,23)20-8-7-17(25-11-9-20)16-4-3-10-24-16/h3-6,10,12,17H,7-9,11H2,1-2H3,(H,19,21). The molecule has 1 aliphatic heterocycles. The second-order valence-corrected chi connectivity index (χ2v) is 9.45. The molecule has 1 amide bonds. The molecule has 2 heterocycles. The summed E-state index contributed by atoms with van der Waals surface area (Å²) in [6.45, 7) is 4.09. The van der Waals surface area contributed by atoms with Crippen LogP contribution in [0.5, 0.6) is 0 Å². The molecular formula is C18H22N2O4S2. The van der Waals surface area contributed by atoms with Gasteiger partial charge >= 0.3 is 0 Å². The van der Waals surface area contributed by atoms with Gasteiger partial charge in [-0.25, -0.2) is 8.42 Å². The predicted molar refractivity (Wildman–Crippen MR) is 103 cm³/mol. The van der Waals surface area contributed by atoms with Crippen molar-refractivity contribution in [3.05, 3.63) is 47.9 Å².